The minimum Gasteiger partial charge on any atom is -0.472 e. The van der Waals surface area contributed by atoms with Gasteiger partial charge in [-0.2, -0.15) is 0 Å². The molecule has 12 heavy (non-hydrogen) atoms. The lowest BCUT2D eigenvalue weighted by Gasteiger charge is -1.94. The second-order valence-corrected chi connectivity index (χ2v) is 2.95. The second-order valence-electron chi connectivity index (χ2n) is 2.95. The molecular weight excluding hydrogens is 152 g/mol. The molecule has 0 atom stereocenters. The van der Waals surface area contributed by atoms with Crippen LogP contribution in [-0.4, -0.2) is 5.78 Å². The van der Waals surface area contributed by atoms with Crippen molar-refractivity contribution in [3.63, 3.8) is 0 Å². The van der Waals surface area contributed by atoms with E-state index in [2.05, 4.69) is 0 Å². The quantitative estimate of drug-likeness (QED) is 0.642. The fourth-order valence-electron chi connectivity index (χ4n) is 0.741. The van der Waals surface area contributed by atoms with E-state index in [4.69, 9.17) is 4.42 Å². The Balaban J connectivity index is 2.57. The molecule has 0 unspecified atom stereocenters. The summed E-state index contributed by atoms with van der Waals surface area (Å²) in [6, 6.07) is 1.81. The van der Waals surface area contributed by atoms with Gasteiger partial charge in [-0.1, -0.05) is 13.8 Å². The summed E-state index contributed by atoms with van der Waals surface area (Å²) in [5.74, 6) is 0.198. The normalized spacial score (nSPS) is 11.2. The highest BCUT2D eigenvalue weighted by Gasteiger charge is 2.01. The van der Waals surface area contributed by atoms with Gasteiger partial charge in [-0.15, -0.1) is 0 Å². The van der Waals surface area contributed by atoms with Crippen molar-refractivity contribution in [3.05, 3.63) is 30.2 Å². The summed E-state index contributed by atoms with van der Waals surface area (Å²) in [5, 5.41) is 0. The predicted octanol–water partition coefficient (Wildman–Crippen LogP) is 2.52. The molecule has 0 saturated heterocycles. The number of hydrogen-bond donors (Lipinski definition) is 0. The lowest BCUT2D eigenvalue weighted by atomic mass is 10.1. The van der Waals surface area contributed by atoms with E-state index in [-0.39, 0.29) is 11.7 Å². The van der Waals surface area contributed by atoms with E-state index in [0.717, 1.165) is 5.56 Å². The van der Waals surface area contributed by atoms with E-state index in [9.17, 15) is 4.79 Å². The summed E-state index contributed by atoms with van der Waals surface area (Å²) in [7, 11) is 0. The Kier molecular flexibility index (Phi) is 2.86. The van der Waals surface area contributed by atoms with Gasteiger partial charge in [-0.3, -0.25) is 4.79 Å². The molecule has 0 aliphatic carbocycles. The van der Waals surface area contributed by atoms with Crippen LogP contribution in [0.1, 0.15) is 19.4 Å². The standard InChI is InChI=1S/C10H12O2/c1-8(2)10(11)4-3-9-5-6-12-7-9/h3-8H,1-2H3/b4-3+. The lowest BCUT2D eigenvalue weighted by molar-refractivity contribution is -0.117. The molecule has 1 rings (SSSR count). The van der Waals surface area contributed by atoms with Crippen molar-refractivity contribution in [2.45, 2.75) is 13.8 Å². The third-order valence-corrected chi connectivity index (χ3v) is 1.55. The van der Waals surface area contributed by atoms with Gasteiger partial charge in [0.25, 0.3) is 0 Å². The first-order chi connectivity index (χ1) is 5.70. The summed E-state index contributed by atoms with van der Waals surface area (Å²) < 4.78 is 4.84. The van der Waals surface area contributed by atoms with Crippen LogP contribution in [0.5, 0.6) is 0 Å². The number of carbonyl (C=O) groups is 1. The Bertz CT molecular complexity index is 268. The van der Waals surface area contributed by atoms with Crippen molar-refractivity contribution >= 4 is 11.9 Å². The maximum atomic E-state index is 11.1. The number of allylic oxidation sites excluding steroid dienone is 1. The lowest BCUT2D eigenvalue weighted by Crippen LogP contribution is -2.01. The van der Waals surface area contributed by atoms with Crippen molar-refractivity contribution < 1.29 is 9.21 Å². The summed E-state index contributed by atoms with van der Waals surface area (Å²) >= 11 is 0. The molecule has 0 bridgehead atoms. The third kappa shape index (κ3) is 2.38. The molecule has 1 aromatic heterocycles. The van der Waals surface area contributed by atoms with Gasteiger partial charge < -0.3 is 4.42 Å². The molecule has 0 saturated carbocycles. The average molecular weight is 164 g/mol. The highest BCUT2D eigenvalue weighted by atomic mass is 16.3. The first-order valence-electron chi connectivity index (χ1n) is 3.94. The number of hydrogen-bond acceptors (Lipinski definition) is 2. The third-order valence-electron chi connectivity index (χ3n) is 1.55. The van der Waals surface area contributed by atoms with Crippen LogP contribution in [0.15, 0.2) is 29.1 Å². The first kappa shape index (κ1) is 8.78. The Morgan fingerprint density at radius 2 is 2.33 bits per heavy atom. The van der Waals surface area contributed by atoms with Crippen LogP contribution in [0.2, 0.25) is 0 Å². The maximum Gasteiger partial charge on any atom is 0.158 e. The van der Waals surface area contributed by atoms with Crippen LogP contribution >= 0.6 is 0 Å². The zero-order chi connectivity index (χ0) is 8.97. The Morgan fingerprint density at radius 3 is 2.83 bits per heavy atom. The van der Waals surface area contributed by atoms with Crippen LogP contribution in [0, 0.1) is 5.92 Å². The fourth-order valence-corrected chi connectivity index (χ4v) is 0.741. The van der Waals surface area contributed by atoms with Gasteiger partial charge in [-0.05, 0) is 18.2 Å². The average Bonchev–Trinajstić information content (AvgIpc) is 2.51. The van der Waals surface area contributed by atoms with Gasteiger partial charge >= 0.3 is 0 Å². The van der Waals surface area contributed by atoms with Gasteiger partial charge in [-0.25, -0.2) is 0 Å². The molecule has 0 aliphatic rings. The van der Waals surface area contributed by atoms with Crippen molar-refractivity contribution in [2.75, 3.05) is 0 Å². The van der Waals surface area contributed by atoms with E-state index >= 15 is 0 Å². The number of furan rings is 1. The SMILES string of the molecule is CC(C)C(=O)/C=C/c1ccoc1. The van der Waals surface area contributed by atoms with Gasteiger partial charge in [0.05, 0.1) is 12.5 Å². The fraction of sp³-hybridized carbons (Fsp3) is 0.300. The van der Waals surface area contributed by atoms with Gasteiger partial charge in [0, 0.05) is 11.5 Å². The highest BCUT2D eigenvalue weighted by Crippen LogP contribution is 2.04. The summed E-state index contributed by atoms with van der Waals surface area (Å²) in [6.07, 6.45) is 6.52. The maximum absolute atomic E-state index is 11.1. The van der Waals surface area contributed by atoms with Crippen molar-refractivity contribution in [1.82, 2.24) is 0 Å². The monoisotopic (exact) mass is 164 g/mol. The van der Waals surface area contributed by atoms with Gasteiger partial charge in [0.2, 0.25) is 0 Å². The first-order valence-corrected chi connectivity index (χ1v) is 3.94. The summed E-state index contributed by atoms with van der Waals surface area (Å²) in [4.78, 5) is 11.1. The van der Waals surface area contributed by atoms with Gasteiger partial charge in [0.1, 0.15) is 0 Å². The molecule has 0 fully saturated rings. The minimum absolute atomic E-state index is 0.0631. The van der Waals surface area contributed by atoms with Crippen LogP contribution in [0.4, 0.5) is 0 Å². The molecule has 0 radical (unpaired) electrons. The van der Waals surface area contributed by atoms with Crippen LogP contribution < -0.4 is 0 Å². The van der Waals surface area contributed by atoms with E-state index in [1.54, 1.807) is 24.7 Å². The molecule has 0 amide bonds. The molecule has 0 aliphatic heterocycles. The Morgan fingerprint density at radius 1 is 1.58 bits per heavy atom. The predicted molar refractivity (Wildman–Crippen MR) is 47.6 cm³/mol. The van der Waals surface area contributed by atoms with E-state index < -0.39 is 0 Å². The van der Waals surface area contributed by atoms with E-state index in [1.807, 2.05) is 19.9 Å². The zero-order valence-corrected chi connectivity index (χ0v) is 7.28. The largest absolute Gasteiger partial charge is 0.472 e. The molecule has 1 aromatic rings. The Labute approximate surface area is 71.9 Å². The topological polar surface area (TPSA) is 30.2 Å². The molecule has 0 spiro atoms. The van der Waals surface area contributed by atoms with Crippen molar-refractivity contribution in [1.29, 1.82) is 0 Å². The second kappa shape index (κ2) is 3.90. The van der Waals surface area contributed by atoms with Crippen LogP contribution in [-0.2, 0) is 4.79 Å². The zero-order valence-electron chi connectivity index (χ0n) is 7.28. The van der Waals surface area contributed by atoms with Crippen LogP contribution in [0.25, 0.3) is 6.08 Å². The van der Waals surface area contributed by atoms with Crippen molar-refractivity contribution in [3.8, 4) is 0 Å². The number of ketones is 1. The molecule has 0 aromatic carbocycles. The highest BCUT2D eigenvalue weighted by molar-refractivity contribution is 5.94. The van der Waals surface area contributed by atoms with Gasteiger partial charge in [0.15, 0.2) is 5.78 Å². The van der Waals surface area contributed by atoms with E-state index in [0.29, 0.717) is 0 Å². The smallest absolute Gasteiger partial charge is 0.158 e. The van der Waals surface area contributed by atoms with E-state index in [1.165, 1.54) is 0 Å². The van der Waals surface area contributed by atoms with Crippen molar-refractivity contribution in [2.24, 2.45) is 5.92 Å². The number of rotatable bonds is 3. The Hall–Kier alpha value is -1.31. The molecule has 1 heterocycles. The molecule has 0 N–H and O–H groups in total. The minimum atomic E-state index is 0.0631. The molecule has 2 nitrogen and oxygen atoms in total. The van der Waals surface area contributed by atoms with Crippen LogP contribution in [0.3, 0.4) is 0 Å². The summed E-state index contributed by atoms with van der Waals surface area (Å²) in [6.45, 7) is 3.75. The summed E-state index contributed by atoms with van der Waals surface area (Å²) in [5.41, 5.74) is 0.920. The molecule has 2 heteroatoms. The molecule has 64 valence electrons. The number of carbonyl (C=O) groups excluding carboxylic acids is 1. The molecular formula is C10H12O2.